The molecule has 1 aliphatic rings. The maximum Gasteiger partial charge on any atom is 0.410 e. The number of hydrogen-bond acceptors (Lipinski definition) is 4. The molecule has 0 bridgehead atoms. The van der Waals surface area contributed by atoms with Crippen LogP contribution >= 0.6 is 0 Å². The molecule has 3 atom stereocenters. The van der Waals surface area contributed by atoms with Gasteiger partial charge in [-0.05, 0) is 52.4 Å². The Morgan fingerprint density at radius 2 is 2.00 bits per heavy atom. The van der Waals surface area contributed by atoms with Crippen LogP contribution in [0.25, 0.3) is 0 Å². The van der Waals surface area contributed by atoms with Gasteiger partial charge < -0.3 is 20.1 Å². The van der Waals surface area contributed by atoms with E-state index in [0.29, 0.717) is 24.4 Å². The van der Waals surface area contributed by atoms with Crippen molar-refractivity contribution in [3.8, 4) is 0 Å². The molecule has 130 valence electrons. The number of aliphatic hydroxyl groups excluding tert-OH is 1. The summed E-state index contributed by atoms with van der Waals surface area (Å²) in [7, 11) is 0. The highest BCUT2D eigenvalue weighted by Crippen LogP contribution is 2.25. The van der Waals surface area contributed by atoms with Crippen LogP contribution < -0.4 is 5.32 Å². The van der Waals surface area contributed by atoms with Gasteiger partial charge in [-0.1, -0.05) is 13.8 Å². The lowest BCUT2D eigenvalue weighted by atomic mass is 9.85. The smallest absolute Gasteiger partial charge is 0.410 e. The fourth-order valence-electron chi connectivity index (χ4n) is 3.01. The molecule has 5 heteroatoms. The second-order valence-electron chi connectivity index (χ2n) is 7.96. The number of nitrogens with zero attached hydrogens (tertiary/aromatic N) is 1. The van der Waals surface area contributed by atoms with Crippen LogP contribution in [0.3, 0.4) is 0 Å². The second kappa shape index (κ2) is 8.16. The van der Waals surface area contributed by atoms with E-state index >= 15 is 0 Å². The van der Waals surface area contributed by atoms with E-state index in [1.807, 2.05) is 32.6 Å². The van der Waals surface area contributed by atoms with Crippen molar-refractivity contribution >= 4 is 6.09 Å². The van der Waals surface area contributed by atoms with E-state index in [1.54, 1.807) is 0 Å². The zero-order chi connectivity index (χ0) is 16.9. The molecule has 0 radical (unpaired) electrons. The Morgan fingerprint density at radius 1 is 1.36 bits per heavy atom. The lowest BCUT2D eigenvalue weighted by Crippen LogP contribution is -2.54. The van der Waals surface area contributed by atoms with Gasteiger partial charge in [0.25, 0.3) is 0 Å². The fraction of sp³-hybridized carbons (Fsp3) is 0.941. The summed E-state index contributed by atoms with van der Waals surface area (Å²) in [4.78, 5) is 14.1. The second-order valence-corrected chi connectivity index (χ2v) is 7.96. The molecule has 0 spiro atoms. The largest absolute Gasteiger partial charge is 0.444 e. The zero-order valence-electron chi connectivity index (χ0n) is 15.1. The molecule has 2 N–H and O–H groups in total. The van der Waals surface area contributed by atoms with E-state index in [2.05, 4.69) is 19.2 Å². The van der Waals surface area contributed by atoms with Gasteiger partial charge in [-0.15, -0.1) is 0 Å². The van der Waals surface area contributed by atoms with Crippen LogP contribution in [0.15, 0.2) is 0 Å². The van der Waals surface area contributed by atoms with Crippen LogP contribution in [0, 0.1) is 11.8 Å². The van der Waals surface area contributed by atoms with E-state index in [1.165, 1.54) is 0 Å². The number of rotatable bonds is 5. The fourth-order valence-corrected chi connectivity index (χ4v) is 3.01. The first-order valence-corrected chi connectivity index (χ1v) is 8.47. The van der Waals surface area contributed by atoms with Crippen molar-refractivity contribution < 1.29 is 14.6 Å². The molecule has 1 aliphatic heterocycles. The highest BCUT2D eigenvalue weighted by atomic mass is 16.6. The van der Waals surface area contributed by atoms with Crippen LogP contribution in [-0.2, 0) is 4.74 Å². The van der Waals surface area contributed by atoms with Crippen molar-refractivity contribution in [2.75, 3.05) is 19.7 Å². The summed E-state index contributed by atoms with van der Waals surface area (Å²) in [5.74, 6) is 0.979. The topological polar surface area (TPSA) is 61.8 Å². The summed E-state index contributed by atoms with van der Waals surface area (Å²) < 4.78 is 5.49. The Bertz CT molecular complexity index is 352. The maximum absolute atomic E-state index is 12.3. The SMILES string of the molecule is CC(C)CC1CN(C(=O)OC(C)(C)C)CCC1N[C@@H](C)CO. The summed E-state index contributed by atoms with van der Waals surface area (Å²) in [5.41, 5.74) is -0.453. The summed E-state index contributed by atoms with van der Waals surface area (Å²) in [6.45, 7) is 13.7. The molecule has 0 saturated carbocycles. The van der Waals surface area contributed by atoms with Crippen LogP contribution in [-0.4, -0.2) is 53.5 Å². The number of carbonyl (C=O) groups is 1. The molecule has 1 saturated heterocycles. The molecular formula is C17H34N2O3. The van der Waals surface area contributed by atoms with E-state index < -0.39 is 5.60 Å². The van der Waals surface area contributed by atoms with Gasteiger partial charge in [0.1, 0.15) is 5.60 Å². The Labute approximate surface area is 135 Å². The Kier molecular flexibility index (Phi) is 7.13. The van der Waals surface area contributed by atoms with Gasteiger partial charge in [0.05, 0.1) is 6.61 Å². The molecule has 22 heavy (non-hydrogen) atoms. The normalized spacial score (nSPS) is 24.5. The van der Waals surface area contributed by atoms with Crippen molar-refractivity contribution in [3.63, 3.8) is 0 Å². The number of amides is 1. The van der Waals surface area contributed by atoms with Gasteiger partial charge in [0, 0.05) is 25.2 Å². The molecule has 1 amide bonds. The maximum atomic E-state index is 12.3. The predicted octanol–water partition coefficient (Wildman–Crippen LogP) is 2.63. The standard InChI is InChI=1S/C17H34N2O3/c1-12(2)9-14-10-19(16(21)22-17(4,5)6)8-7-15(14)18-13(3)11-20/h12-15,18,20H,7-11H2,1-6H3/t13-,14?,15?/m0/s1. The van der Waals surface area contributed by atoms with Gasteiger partial charge >= 0.3 is 6.09 Å². The number of carbonyl (C=O) groups excluding carboxylic acids is 1. The molecule has 0 aromatic rings. The Hall–Kier alpha value is -0.810. The summed E-state index contributed by atoms with van der Waals surface area (Å²) in [6, 6.07) is 0.441. The average molecular weight is 314 g/mol. The molecule has 5 nitrogen and oxygen atoms in total. The summed E-state index contributed by atoms with van der Waals surface area (Å²) >= 11 is 0. The van der Waals surface area contributed by atoms with E-state index in [0.717, 1.165) is 19.4 Å². The van der Waals surface area contributed by atoms with Gasteiger partial charge in [0.2, 0.25) is 0 Å². The molecule has 1 rings (SSSR count). The van der Waals surface area contributed by atoms with Gasteiger partial charge in [-0.25, -0.2) is 4.79 Å². The average Bonchev–Trinajstić information content (AvgIpc) is 2.37. The quantitative estimate of drug-likeness (QED) is 0.819. The molecule has 1 heterocycles. The summed E-state index contributed by atoms with van der Waals surface area (Å²) in [6.07, 6.45) is 1.76. The van der Waals surface area contributed by atoms with Crippen molar-refractivity contribution in [1.82, 2.24) is 10.2 Å². The monoisotopic (exact) mass is 314 g/mol. The van der Waals surface area contributed by atoms with E-state index in [9.17, 15) is 9.90 Å². The van der Waals surface area contributed by atoms with Gasteiger partial charge in [0.15, 0.2) is 0 Å². The highest BCUT2D eigenvalue weighted by Gasteiger charge is 2.34. The first-order valence-electron chi connectivity index (χ1n) is 8.47. The van der Waals surface area contributed by atoms with E-state index in [4.69, 9.17) is 4.74 Å². The van der Waals surface area contributed by atoms with Crippen LogP contribution in [0.1, 0.15) is 54.4 Å². The Balaban J connectivity index is 2.68. The number of ether oxygens (including phenoxy) is 1. The Morgan fingerprint density at radius 3 is 2.50 bits per heavy atom. The number of nitrogens with one attached hydrogen (secondary N) is 1. The zero-order valence-corrected chi connectivity index (χ0v) is 15.1. The first-order chi connectivity index (χ1) is 10.1. The van der Waals surface area contributed by atoms with Crippen molar-refractivity contribution in [3.05, 3.63) is 0 Å². The predicted molar refractivity (Wildman–Crippen MR) is 88.8 cm³/mol. The summed E-state index contributed by atoms with van der Waals surface area (Å²) in [5, 5.41) is 12.8. The first kappa shape index (κ1) is 19.2. The van der Waals surface area contributed by atoms with Crippen LogP contribution in [0.2, 0.25) is 0 Å². The highest BCUT2D eigenvalue weighted by molar-refractivity contribution is 5.68. The molecule has 0 aromatic heterocycles. The molecule has 1 fully saturated rings. The third kappa shape index (κ3) is 6.53. The van der Waals surface area contributed by atoms with Crippen molar-refractivity contribution in [2.45, 2.75) is 72.1 Å². The lowest BCUT2D eigenvalue weighted by molar-refractivity contribution is 0.0107. The number of piperidine rings is 1. The number of hydrogen-bond donors (Lipinski definition) is 2. The molecule has 0 aliphatic carbocycles. The molecule has 2 unspecified atom stereocenters. The molecular weight excluding hydrogens is 280 g/mol. The van der Waals surface area contributed by atoms with Crippen molar-refractivity contribution in [2.24, 2.45) is 11.8 Å². The van der Waals surface area contributed by atoms with Crippen LogP contribution in [0.5, 0.6) is 0 Å². The molecule has 0 aromatic carbocycles. The van der Waals surface area contributed by atoms with E-state index in [-0.39, 0.29) is 18.7 Å². The van der Waals surface area contributed by atoms with Crippen molar-refractivity contribution in [1.29, 1.82) is 0 Å². The minimum Gasteiger partial charge on any atom is -0.444 e. The third-order valence-electron chi connectivity index (χ3n) is 3.93. The van der Waals surface area contributed by atoms with Gasteiger partial charge in [-0.3, -0.25) is 0 Å². The number of aliphatic hydroxyl groups is 1. The third-order valence-corrected chi connectivity index (χ3v) is 3.93. The van der Waals surface area contributed by atoms with Crippen LogP contribution in [0.4, 0.5) is 4.79 Å². The number of likely N-dealkylation sites (tertiary alicyclic amines) is 1. The lowest BCUT2D eigenvalue weighted by Gasteiger charge is -2.41. The minimum absolute atomic E-state index is 0.0905. The van der Waals surface area contributed by atoms with Gasteiger partial charge in [-0.2, -0.15) is 0 Å². The minimum atomic E-state index is -0.453.